The van der Waals surface area contributed by atoms with E-state index >= 15 is 0 Å². The number of halogens is 1. The van der Waals surface area contributed by atoms with Crippen LogP contribution >= 0.6 is 22.6 Å². The van der Waals surface area contributed by atoms with Gasteiger partial charge < -0.3 is 19.9 Å². The maximum Gasteiger partial charge on any atom is 0.227 e. The van der Waals surface area contributed by atoms with Gasteiger partial charge in [-0.3, -0.25) is 4.90 Å². The third-order valence-electron chi connectivity index (χ3n) is 5.94. The number of benzene rings is 1. The van der Waals surface area contributed by atoms with E-state index in [1.165, 1.54) is 44.7 Å². The topological polar surface area (TPSA) is 56.8 Å². The molecule has 0 radical (unpaired) electrons. The largest absolute Gasteiger partial charge is 0.494 e. The number of aromatic nitrogens is 2. The summed E-state index contributed by atoms with van der Waals surface area (Å²) in [6.07, 6.45) is 6.04. The number of nitrogens with one attached hydrogen (secondary N) is 1. The van der Waals surface area contributed by atoms with Crippen LogP contribution in [0, 0.1) is 3.57 Å². The molecule has 29 heavy (non-hydrogen) atoms. The van der Waals surface area contributed by atoms with Gasteiger partial charge in [-0.25, -0.2) is 9.97 Å². The summed E-state index contributed by atoms with van der Waals surface area (Å²) in [5.74, 6) is 1.38. The number of piperidine rings is 1. The average Bonchev–Trinajstić information content (AvgIpc) is 2.76. The number of anilines is 3. The second-order valence-corrected chi connectivity index (χ2v) is 9.04. The molecule has 7 nitrogen and oxygen atoms in total. The van der Waals surface area contributed by atoms with Gasteiger partial charge in [0.2, 0.25) is 5.95 Å². The predicted octanol–water partition coefficient (Wildman–Crippen LogP) is 3.05. The van der Waals surface area contributed by atoms with Crippen LogP contribution in [0.15, 0.2) is 30.6 Å². The van der Waals surface area contributed by atoms with Gasteiger partial charge in [0.05, 0.1) is 12.8 Å². The molecule has 2 aliphatic rings. The predicted molar refractivity (Wildman–Crippen MR) is 125 cm³/mol. The number of methoxy groups -OCH3 is 1. The highest BCUT2D eigenvalue weighted by atomic mass is 127. The van der Waals surface area contributed by atoms with Crippen molar-refractivity contribution in [2.24, 2.45) is 0 Å². The summed E-state index contributed by atoms with van der Waals surface area (Å²) in [6.45, 7) is 6.97. The first-order chi connectivity index (χ1) is 14.1. The first-order valence-corrected chi connectivity index (χ1v) is 11.3. The van der Waals surface area contributed by atoms with Gasteiger partial charge in [-0.15, -0.1) is 0 Å². The van der Waals surface area contributed by atoms with Crippen molar-refractivity contribution in [3.8, 4) is 5.75 Å². The maximum atomic E-state index is 5.64. The fourth-order valence-corrected chi connectivity index (χ4v) is 4.43. The molecule has 1 aromatic heterocycles. The van der Waals surface area contributed by atoms with Crippen molar-refractivity contribution in [1.29, 1.82) is 0 Å². The number of rotatable bonds is 5. The lowest BCUT2D eigenvalue weighted by molar-refractivity contribution is 0.0982. The Morgan fingerprint density at radius 2 is 1.72 bits per heavy atom. The Labute approximate surface area is 186 Å². The highest BCUT2D eigenvalue weighted by Crippen LogP contribution is 2.33. The van der Waals surface area contributed by atoms with E-state index in [-0.39, 0.29) is 0 Å². The number of hydrogen-bond acceptors (Lipinski definition) is 7. The molecular weight excluding hydrogens is 479 g/mol. The Hall–Kier alpha value is -1.65. The monoisotopic (exact) mass is 508 g/mol. The lowest BCUT2D eigenvalue weighted by Gasteiger charge is -2.42. The molecule has 0 spiro atoms. The van der Waals surface area contributed by atoms with Crippen LogP contribution in [0.4, 0.5) is 17.3 Å². The van der Waals surface area contributed by atoms with E-state index in [1.807, 2.05) is 0 Å². The second kappa shape index (κ2) is 9.44. The van der Waals surface area contributed by atoms with Gasteiger partial charge in [-0.1, -0.05) is 0 Å². The van der Waals surface area contributed by atoms with Crippen LogP contribution in [0.3, 0.4) is 0 Å². The highest BCUT2D eigenvalue weighted by molar-refractivity contribution is 14.1. The Balaban J connectivity index is 1.38. The van der Waals surface area contributed by atoms with Crippen molar-refractivity contribution in [3.05, 3.63) is 34.2 Å². The molecule has 2 fully saturated rings. The highest BCUT2D eigenvalue weighted by Gasteiger charge is 2.27. The van der Waals surface area contributed by atoms with Crippen molar-refractivity contribution < 1.29 is 4.74 Å². The van der Waals surface area contributed by atoms with Crippen LogP contribution in [0.25, 0.3) is 0 Å². The number of likely N-dealkylation sites (N-methyl/N-ethyl adjacent to an activating group) is 1. The molecule has 1 N–H and O–H groups in total. The minimum absolute atomic E-state index is 0.574. The summed E-state index contributed by atoms with van der Waals surface area (Å²) in [6, 6.07) is 7.06. The van der Waals surface area contributed by atoms with E-state index in [4.69, 9.17) is 4.74 Å². The molecule has 0 bridgehead atoms. The van der Waals surface area contributed by atoms with E-state index < -0.39 is 0 Å². The van der Waals surface area contributed by atoms with Gasteiger partial charge >= 0.3 is 0 Å². The van der Waals surface area contributed by atoms with Crippen LogP contribution in [0.1, 0.15) is 12.8 Å². The molecule has 0 aliphatic carbocycles. The van der Waals surface area contributed by atoms with Crippen LogP contribution in [-0.2, 0) is 0 Å². The van der Waals surface area contributed by atoms with Gasteiger partial charge in [0, 0.05) is 73.0 Å². The van der Waals surface area contributed by atoms with Gasteiger partial charge in [0.25, 0.3) is 0 Å². The molecule has 3 heterocycles. The SMILES string of the molecule is COc1cc(N2CCC(N3CCN(C)CC3)CC2)ccc1Nc1ncc(I)cn1. The molecular formula is C21H29IN6O. The maximum absolute atomic E-state index is 5.64. The minimum Gasteiger partial charge on any atom is -0.494 e. The number of piperazine rings is 1. The fourth-order valence-electron chi connectivity index (χ4n) is 4.15. The van der Waals surface area contributed by atoms with Gasteiger partial charge in [-0.05, 0) is 54.6 Å². The summed E-state index contributed by atoms with van der Waals surface area (Å²) in [4.78, 5) is 16.2. The third kappa shape index (κ3) is 5.10. The molecule has 0 saturated carbocycles. The summed E-state index contributed by atoms with van der Waals surface area (Å²) in [7, 11) is 3.93. The first-order valence-electron chi connectivity index (χ1n) is 10.2. The van der Waals surface area contributed by atoms with Crippen molar-refractivity contribution in [2.75, 3.05) is 63.6 Å². The quantitative estimate of drug-likeness (QED) is 0.624. The third-order valence-corrected chi connectivity index (χ3v) is 6.49. The Kier molecular flexibility index (Phi) is 6.71. The smallest absolute Gasteiger partial charge is 0.227 e. The number of ether oxygens (including phenoxy) is 1. The molecule has 8 heteroatoms. The first kappa shape index (κ1) is 20.6. The van der Waals surface area contributed by atoms with Crippen LogP contribution in [0.5, 0.6) is 5.75 Å². The van der Waals surface area contributed by atoms with Crippen LogP contribution in [-0.4, -0.2) is 79.2 Å². The number of nitrogens with zero attached hydrogens (tertiary/aromatic N) is 5. The van der Waals surface area contributed by atoms with Gasteiger partial charge in [0.15, 0.2) is 0 Å². The van der Waals surface area contributed by atoms with Crippen LogP contribution < -0.4 is 15.0 Å². The lowest BCUT2D eigenvalue weighted by Crippen LogP contribution is -2.52. The van der Waals surface area contributed by atoms with Gasteiger partial charge in [-0.2, -0.15) is 0 Å². The lowest BCUT2D eigenvalue weighted by atomic mass is 10.0. The van der Waals surface area contributed by atoms with E-state index in [1.54, 1.807) is 19.5 Å². The zero-order valence-electron chi connectivity index (χ0n) is 17.1. The Morgan fingerprint density at radius 1 is 1.03 bits per heavy atom. The average molecular weight is 508 g/mol. The molecule has 2 saturated heterocycles. The summed E-state index contributed by atoms with van der Waals surface area (Å²) < 4.78 is 6.65. The fraction of sp³-hybridized carbons (Fsp3) is 0.524. The molecule has 2 aliphatic heterocycles. The summed E-state index contributed by atoms with van der Waals surface area (Å²) >= 11 is 2.20. The molecule has 1 aromatic carbocycles. The zero-order chi connectivity index (χ0) is 20.2. The number of hydrogen-bond donors (Lipinski definition) is 1. The molecule has 2 aromatic rings. The van der Waals surface area contributed by atoms with Crippen molar-refractivity contribution in [2.45, 2.75) is 18.9 Å². The van der Waals surface area contributed by atoms with Crippen molar-refractivity contribution >= 4 is 39.9 Å². The minimum atomic E-state index is 0.574. The van der Waals surface area contributed by atoms with Crippen molar-refractivity contribution in [1.82, 2.24) is 19.8 Å². The van der Waals surface area contributed by atoms with E-state index in [2.05, 4.69) is 77.8 Å². The normalized spacial score (nSPS) is 19.3. The molecule has 156 valence electrons. The zero-order valence-corrected chi connectivity index (χ0v) is 19.3. The van der Waals surface area contributed by atoms with E-state index in [0.717, 1.165) is 34.1 Å². The van der Waals surface area contributed by atoms with Crippen LogP contribution in [0.2, 0.25) is 0 Å². The summed E-state index contributed by atoms with van der Waals surface area (Å²) in [5, 5.41) is 3.25. The Morgan fingerprint density at radius 3 is 2.38 bits per heavy atom. The molecule has 4 rings (SSSR count). The van der Waals surface area contributed by atoms with E-state index in [9.17, 15) is 0 Å². The van der Waals surface area contributed by atoms with Crippen molar-refractivity contribution in [3.63, 3.8) is 0 Å². The Bertz CT molecular complexity index is 801. The molecule has 0 amide bonds. The standard InChI is InChI=1S/C21H29IN6O/c1-26-9-11-28(12-10-26)17-5-7-27(8-6-17)18-3-4-19(20(13-18)29-2)25-21-23-14-16(22)15-24-21/h3-4,13-15,17H,5-12H2,1-2H3,(H,23,24,25). The molecule has 0 unspecified atom stereocenters. The second-order valence-electron chi connectivity index (χ2n) is 7.79. The van der Waals surface area contributed by atoms with E-state index in [0.29, 0.717) is 5.95 Å². The molecule has 0 atom stereocenters. The van der Waals surface area contributed by atoms with Gasteiger partial charge in [0.1, 0.15) is 5.75 Å². The summed E-state index contributed by atoms with van der Waals surface area (Å²) in [5.41, 5.74) is 2.09.